The lowest BCUT2D eigenvalue weighted by molar-refractivity contribution is -0.121. The van der Waals surface area contributed by atoms with Crippen LogP contribution >= 0.6 is 12.4 Å². The van der Waals surface area contributed by atoms with E-state index in [4.69, 9.17) is 10.2 Å². The van der Waals surface area contributed by atoms with Gasteiger partial charge in [-0.15, -0.1) is 12.4 Å². The van der Waals surface area contributed by atoms with Crippen molar-refractivity contribution < 1.29 is 9.21 Å². The van der Waals surface area contributed by atoms with E-state index in [1.54, 1.807) is 6.20 Å². The summed E-state index contributed by atoms with van der Waals surface area (Å²) < 4.78 is 5.33. The summed E-state index contributed by atoms with van der Waals surface area (Å²) in [6, 6.07) is 5.68. The summed E-state index contributed by atoms with van der Waals surface area (Å²) in [4.78, 5) is 16.5. The Kier molecular flexibility index (Phi) is 4.88. The number of rotatable bonds is 3. The maximum Gasteiger partial charge on any atom is 0.244 e. The Hall–Kier alpha value is -1.85. The highest BCUT2D eigenvalue weighted by molar-refractivity contribution is 5.98. The van der Waals surface area contributed by atoms with Gasteiger partial charge in [-0.3, -0.25) is 4.79 Å². The van der Waals surface area contributed by atoms with Crippen LogP contribution in [0.15, 0.2) is 35.1 Å². The van der Waals surface area contributed by atoms with Gasteiger partial charge in [0.05, 0.1) is 11.7 Å². The van der Waals surface area contributed by atoms with Crippen LogP contribution in [0.4, 0.5) is 5.69 Å². The molecular formula is C16H20ClN3O2. The number of aromatic nitrogens is 1. The van der Waals surface area contributed by atoms with Crippen molar-refractivity contribution in [3.63, 3.8) is 0 Å². The molecule has 0 saturated heterocycles. The first kappa shape index (κ1) is 16.5. The van der Waals surface area contributed by atoms with E-state index in [0.29, 0.717) is 5.89 Å². The standard InChI is InChI=1S/C16H19N3O2.ClH/c1-11-4-5-12(10-13(11)14-18-8-9-21-14)19-15(20)16(17)6-2-3-7-16;/h4-5,8-10H,2-3,6-7,17H2,1H3,(H,19,20);1H. The molecule has 0 aliphatic heterocycles. The van der Waals surface area contributed by atoms with E-state index in [9.17, 15) is 4.79 Å². The molecule has 3 N–H and O–H groups in total. The van der Waals surface area contributed by atoms with Crippen LogP contribution in [0.1, 0.15) is 31.2 Å². The molecule has 6 heteroatoms. The van der Waals surface area contributed by atoms with Crippen molar-refractivity contribution in [3.8, 4) is 11.5 Å². The average molecular weight is 322 g/mol. The highest BCUT2D eigenvalue weighted by Crippen LogP contribution is 2.30. The van der Waals surface area contributed by atoms with Crippen LogP contribution < -0.4 is 11.1 Å². The zero-order valence-electron chi connectivity index (χ0n) is 12.5. The highest BCUT2D eigenvalue weighted by atomic mass is 35.5. The molecule has 0 atom stereocenters. The molecule has 0 bridgehead atoms. The van der Waals surface area contributed by atoms with Gasteiger partial charge < -0.3 is 15.5 Å². The number of carbonyl (C=O) groups excluding carboxylic acids is 1. The fourth-order valence-corrected chi connectivity index (χ4v) is 2.78. The van der Waals surface area contributed by atoms with Crippen molar-refractivity contribution in [1.82, 2.24) is 4.98 Å². The van der Waals surface area contributed by atoms with Crippen molar-refractivity contribution in [1.29, 1.82) is 0 Å². The number of oxazole rings is 1. The summed E-state index contributed by atoms with van der Waals surface area (Å²) in [6.07, 6.45) is 6.66. The lowest BCUT2D eigenvalue weighted by Crippen LogP contribution is -2.48. The van der Waals surface area contributed by atoms with Crippen LogP contribution in [0, 0.1) is 6.92 Å². The van der Waals surface area contributed by atoms with E-state index < -0.39 is 5.54 Å². The van der Waals surface area contributed by atoms with Crippen molar-refractivity contribution in [2.45, 2.75) is 38.1 Å². The van der Waals surface area contributed by atoms with Crippen LogP contribution in [0.3, 0.4) is 0 Å². The number of anilines is 1. The number of nitrogens with two attached hydrogens (primary N) is 1. The second-order valence-electron chi connectivity index (χ2n) is 5.68. The zero-order chi connectivity index (χ0) is 14.9. The first-order chi connectivity index (χ1) is 10.1. The first-order valence-corrected chi connectivity index (χ1v) is 7.19. The van der Waals surface area contributed by atoms with Crippen molar-refractivity contribution in [3.05, 3.63) is 36.2 Å². The normalized spacial score (nSPS) is 16.1. The first-order valence-electron chi connectivity index (χ1n) is 7.19. The summed E-state index contributed by atoms with van der Waals surface area (Å²) >= 11 is 0. The van der Waals surface area contributed by atoms with E-state index in [2.05, 4.69) is 10.3 Å². The maximum absolute atomic E-state index is 12.3. The molecule has 1 aliphatic rings. The van der Waals surface area contributed by atoms with Gasteiger partial charge in [0.1, 0.15) is 6.26 Å². The third-order valence-electron chi connectivity index (χ3n) is 4.11. The summed E-state index contributed by atoms with van der Waals surface area (Å²) in [5, 5.41) is 2.92. The molecule has 1 heterocycles. The summed E-state index contributed by atoms with van der Waals surface area (Å²) in [5.74, 6) is 0.439. The maximum atomic E-state index is 12.3. The summed E-state index contributed by atoms with van der Waals surface area (Å²) in [6.45, 7) is 1.98. The molecule has 0 radical (unpaired) electrons. The topological polar surface area (TPSA) is 81.2 Å². The van der Waals surface area contributed by atoms with E-state index in [0.717, 1.165) is 42.5 Å². The number of benzene rings is 1. The number of amides is 1. The number of nitrogens with zero attached hydrogens (tertiary/aromatic N) is 1. The molecule has 3 rings (SSSR count). The quantitative estimate of drug-likeness (QED) is 0.909. The number of hydrogen-bond donors (Lipinski definition) is 2. The minimum atomic E-state index is -0.728. The van der Waals surface area contributed by atoms with Gasteiger partial charge >= 0.3 is 0 Å². The molecule has 2 aromatic rings. The molecule has 1 aromatic carbocycles. The van der Waals surface area contributed by atoms with E-state index >= 15 is 0 Å². The van der Waals surface area contributed by atoms with E-state index in [1.807, 2.05) is 25.1 Å². The molecule has 1 saturated carbocycles. The van der Waals surface area contributed by atoms with Gasteiger partial charge in [-0.05, 0) is 37.5 Å². The summed E-state index contributed by atoms with van der Waals surface area (Å²) in [7, 11) is 0. The van der Waals surface area contributed by atoms with Crippen LogP contribution in [-0.2, 0) is 4.79 Å². The predicted octanol–water partition coefficient (Wildman–Crippen LogP) is 3.28. The highest BCUT2D eigenvalue weighted by Gasteiger charge is 2.37. The Morgan fingerprint density at radius 3 is 2.73 bits per heavy atom. The number of aryl methyl sites for hydroxylation is 1. The Morgan fingerprint density at radius 1 is 1.36 bits per heavy atom. The smallest absolute Gasteiger partial charge is 0.244 e. The van der Waals surface area contributed by atoms with Crippen LogP contribution in [0.25, 0.3) is 11.5 Å². The van der Waals surface area contributed by atoms with Crippen LogP contribution in [-0.4, -0.2) is 16.4 Å². The van der Waals surface area contributed by atoms with Crippen LogP contribution in [0.2, 0.25) is 0 Å². The molecule has 1 fully saturated rings. The van der Waals surface area contributed by atoms with Gasteiger partial charge in [0.15, 0.2) is 0 Å². The molecule has 0 unspecified atom stereocenters. The molecule has 0 spiro atoms. The minimum absolute atomic E-state index is 0. The minimum Gasteiger partial charge on any atom is -0.445 e. The van der Waals surface area contributed by atoms with E-state index in [-0.39, 0.29) is 18.3 Å². The Morgan fingerprint density at radius 2 is 2.09 bits per heavy atom. The third-order valence-corrected chi connectivity index (χ3v) is 4.11. The van der Waals surface area contributed by atoms with Gasteiger partial charge in [-0.25, -0.2) is 4.98 Å². The van der Waals surface area contributed by atoms with Gasteiger partial charge in [-0.1, -0.05) is 18.9 Å². The average Bonchev–Trinajstić information content (AvgIpc) is 3.13. The molecular weight excluding hydrogens is 302 g/mol. The molecule has 1 aromatic heterocycles. The van der Waals surface area contributed by atoms with Crippen molar-refractivity contribution in [2.24, 2.45) is 5.73 Å². The second kappa shape index (κ2) is 6.50. The summed E-state index contributed by atoms with van der Waals surface area (Å²) in [5.41, 5.74) is 8.07. The largest absolute Gasteiger partial charge is 0.445 e. The number of carbonyl (C=O) groups is 1. The number of nitrogens with one attached hydrogen (secondary N) is 1. The Bertz CT molecular complexity index is 649. The zero-order valence-corrected chi connectivity index (χ0v) is 13.3. The van der Waals surface area contributed by atoms with Crippen molar-refractivity contribution >= 4 is 24.0 Å². The molecule has 5 nitrogen and oxygen atoms in total. The van der Waals surface area contributed by atoms with Gasteiger partial charge in [0, 0.05) is 11.3 Å². The van der Waals surface area contributed by atoms with Gasteiger partial charge in [-0.2, -0.15) is 0 Å². The Labute approximate surface area is 135 Å². The Balaban J connectivity index is 0.00000176. The monoisotopic (exact) mass is 321 g/mol. The lowest BCUT2D eigenvalue weighted by atomic mass is 9.98. The van der Waals surface area contributed by atoms with Gasteiger partial charge in [0.2, 0.25) is 11.8 Å². The molecule has 22 heavy (non-hydrogen) atoms. The van der Waals surface area contributed by atoms with Crippen molar-refractivity contribution in [2.75, 3.05) is 5.32 Å². The van der Waals surface area contributed by atoms with Crippen LogP contribution in [0.5, 0.6) is 0 Å². The number of halogens is 1. The molecule has 118 valence electrons. The molecule has 1 aliphatic carbocycles. The predicted molar refractivity (Wildman–Crippen MR) is 87.9 cm³/mol. The fourth-order valence-electron chi connectivity index (χ4n) is 2.78. The number of hydrogen-bond acceptors (Lipinski definition) is 4. The van der Waals surface area contributed by atoms with Gasteiger partial charge in [0.25, 0.3) is 0 Å². The molecule has 1 amide bonds. The third kappa shape index (κ3) is 3.15. The second-order valence-corrected chi connectivity index (χ2v) is 5.68. The fraction of sp³-hybridized carbons (Fsp3) is 0.375. The SMILES string of the molecule is Cc1ccc(NC(=O)C2(N)CCCC2)cc1-c1ncco1.Cl. The van der Waals surface area contributed by atoms with E-state index in [1.165, 1.54) is 6.26 Å². The lowest BCUT2D eigenvalue weighted by Gasteiger charge is -2.22.